The van der Waals surface area contributed by atoms with Gasteiger partial charge in [-0.15, -0.1) is 0 Å². The highest BCUT2D eigenvalue weighted by Gasteiger charge is 2.47. The van der Waals surface area contributed by atoms with Gasteiger partial charge in [0.25, 0.3) is 0 Å². The lowest BCUT2D eigenvalue weighted by Gasteiger charge is -2.24. The lowest BCUT2D eigenvalue weighted by atomic mass is 9.80. The van der Waals surface area contributed by atoms with Crippen LogP contribution in [-0.2, 0) is 12.0 Å². The predicted molar refractivity (Wildman–Crippen MR) is 84.5 cm³/mol. The van der Waals surface area contributed by atoms with Crippen LogP contribution >= 0.6 is 27.5 Å². The van der Waals surface area contributed by atoms with Crippen LogP contribution in [0.15, 0.2) is 23.3 Å². The van der Waals surface area contributed by atoms with Crippen LogP contribution in [0.4, 0.5) is 5.82 Å². The van der Waals surface area contributed by atoms with Crippen LogP contribution in [0.1, 0.15) is 24.8 Å². The van der Waals surface area contributed by atoms with Gasteiger partial charge in [-0.2, -0.15) is 5.10 Å². The number of nitrogens with zero attached hydrogens (tertiary/aromatic N) is 4. The molecule has 2 aromatic rings. The third kappa shape index (κ3) is 2.16. The number of hydrogen-bond donors (Lipinski definition) is 1. The van der Waals surface area contributed by atoms with Crippen molar-refractivity contribution >= 4 is 33.3 Å². The molecule has 21 heavy (non-hydrogen) atoms. The molecule has 0 amide bonds. The van der Waals surface area contributed by atoms with E-state index in [0.29, 0.717) is 5.92 Å². The molecule has 2 unspecified atom stereocenters. The third-order valence-corrected chi connectivity index (χ3v) is 5.94. The molecule has 5 nitrogen and oxygen atoms in total. The van der Waals surface area contributed by atoms with E-state index >= 15 is 0 Å². The fourth-order valence-electron chi connectivity index (χ4n) is 3.80. The molecule has 2 aliphatic rings. The van der Waals surface area contributed by atoms with Gasteiger partial charge in [0.2, 0.25) is 0 Å². The van der Waals surface area contributed by atoms with Gasteiger partial charge in [-0.05, 0) is 41.1 Å². The maximum atomic E-state index is 6.54. The van der Waals surface area contributed by atoms with E-state index in [2.05, 4.69) is 36.3 Å². The Morgan fingerprint density at radius 3 is 3.24 bits per heavy atom. The quantitative estimate of drug-likeness (QED) is 0.884. The van der Waals surface area contributed by atoms with Crippen LogP contribution < -0.4 is 5.32 Å². The maximum absolute atomic E-state index is 6.54. The largest absolute Gasteiger partial charge is 0.369 e. The Morgan fingerprint density at radius 1 is 1.52 bits per heavy atom. The van der Waals surface area contributed by atoms with Crippen molar-refractivity contribution < 1.29 is 0 Å². The number of nitrogens with one attached hydrogen (secondary N) is 1. The van der Waals surface area contributed by atoms with E-state index in [4.69, 9.17) is 11.6 Å². The molecule has 0 radical (unpaired) electrons. The first kappa shape index (κ1) is 13.5. The van der Waals surface area contributed by atoms with Gasteiger partial charge in [0, 0.05) is 30.3 Å². The number of aromatic nitrogens is 4. The molecule has 0 bridgehead atoms. The minimum Gasteiger partial charge on any atom is -0.369 e. The summed E-state index contributed by atoms with van der Waals surface area (Å²) >= 11 is 10.0. The first-order valence-electron chi connectivity index (χ1n) is 7.09. The molecule has 2 atom stereocenters. The highest BCUT2D eigenvalue weighted by Crippen LogP contribution is 2.53. The average Bonchev–Trinajstić information content (AvgIpc) is 3.18. The molecule has 7 heteroatoms. The molecule has 2 aromatic heterocycles. The smallest absolute Gasteiger partial charge is 0.137 e. The highest BCUT2D eigenvalue weighted by molar-refractivity contribution is 9.10. The molecule has 1 fully saturated rings. The highest BCUT2D eigenvalue weighted by atomic mass is 79.9. The van der Waals surface area contributed by atoms with Crippen molar-refractivity contribution in [2.75, 3.05) is 11.9 Å². The van der Waals surface area contributed by atoms with Crippen LogP contribution in [-0.4, -0.2) is 26.3 Å². The van der Waals surface area contributed by atoms with Crippen molar-refractivity contribution in [3.63, 3.8) is 0 Å². The van der Waals surface area contributed by atoms with Crippen molar-refractivity contribution in [3.8, 4) is 0 Å². The molecule has 1 saturated carbocycles. The van der Waals surface area contributed by atoms with Gasteiger partial charge in [0.1, 0.15) is 18.5 Å². The molecule has 1 aliphatic carbocycles. The summed E-state index contributed by atoms with van der Waals surface area (Å²) in [5.74, 6) is 1.55. The number of pyridine rings is 1. The van der Waals surface area contributed by atoms with E-state index in [-0.39, 0.29) is 5.41 Å². The Labute approximate surface area is 136 Å². The molecule has 1 N–H and O–H groups in total. The molecular weight excluding hydrogens is 354 g/mol. The van der Waals surface area contributed by atoms with Gasteiger partial charge in [0.15, 0.2) is 0 Å². The van der Waals surface area contributed by atoms with Gasteiger partial charge in [-0.25, -0.2) is 9.97 Å². The molecule has 1 aliphatic heterocycles. The maximum Gasteiger partial charge on any atom is 0.137 e. The summed E-state index contributed by atoms with van der Waals surface area (Å²) in [4.78, 5) is 8.49. The SMILES string of the molecule is Clc1c(Br)cnc2c1C1(CCC(Cn3cncn3)C1)CN2. The van der Waals surface area contributed by atoms with Crippen LogP contribution in [0.3, 0.4) is 0 Å². The number of halogens is 2. The van der Waals surface area contributed by atoms with Crippen LogP contribution in [0.25, 0.3) is 0 Å². The van der Waals surface area contributed by atoms with E-state index < -0.39 is 0 Å². The summed E-state index contributed by atoms with van der Waals surface area (Å²) in [5.41, 5.74) is 1.31. The molecule has 4 rings (SSSR count). The predicted octanol–water partition coefficient (Wildman–Crippen LogP) is 3.25. The Bertz CT molecular complexity index is 674. The van der Waals surface area contributed by atoms with Crippen molar-refractivity contribution in [1.82, 2.24) is 19.7 Å². The Kier molecular flexibility index (Phi) is 3.19. The number of anilines is 1. The van der Waals surface area contributed by atoms with E-state index in [0.717, 1.165) is 41.2 Å². The van der Waals surface area contributed by atoms with Gasteiger partial charge >= 0.3 is 0 Å². The van der Waals surface area contributed by atoms with E-state index in [1.807, 2.05) is 4.68 Å². The van der Waals surface area contributed by atoms with Gasteiger partial charge in [-0.1, -0.05) is 11.6 Å². The second-order valence-corrected chi connectivity index (χ2v) is 7.24. The first-order chi connectivity index (χ1) is 10.2. The molecular formula is C14H15BrClN5. The van der Waals surface area contributed by atoms with E-state index in [1.54, 1.807) is 18.9 Å². The average molecular weight is 369 g/mol. The summed E-state index contributed by atoms with van der Waals surface area (Å²) in [7, 11) is 0. The Balaban J connectivity index is 1.62. The molecule has 3 heterocycles. The second-order valence-electron chi connectivity index (χ2n) is 6.00. The van der Waals surface area contributed by atoms with Crippen LogP contribution in [0, 0.1) is 5.92 Å². The Hall–Kier alpha value is -1.14. The number of rotatable bonds is 2. The third-order valence-electron chi connectivity index (χ3n) is 4.72. The minimum atomic E-state index is 0.119. The summed E-state index contributed by atoms with van der Waals surface area (Å²) < 4.78 is 2.80. The standard InChI is InChI=1S/C14H15BrClN5/c15-10-4-18-13-11(12(10)16)14(6-19-13)2-1-9(3-14)5-21-8-17-7-20-21/h4,7-9H,1-3,5-6H2,(H,18,19). The lowest BCUT2D eigenvalue weighted by molar-refractivity contribution is 0.394. The zero-order chi connectivity index (χ0) is 14.4. The second kappa shape index (κ2) is 4.95. The van der Waals surface area contributed by atoms with Crippen molar-refractivity contribution in [2.24, 2.45) is 5.92 Å². The van der Waals surface area contributed by atoms with Crippen LogP contribution in [0.2, 0.25) is 5.02 Å². The summed E-state index contributed by atoms with van der Waals surface area (Å²) in [5, 5.41) is 8.46. The topological polar surface area (TPSA) is 55.6 Å². The first-order valence-corrected chi connectivity index (χ1v) is 8.26. The van der Waals surface area contributed by atoms with Gasteiger partial charge in [-0.3, -0.25) is 4.68 Å². The Morgan fingerprint density at radius 2 is 2.43 bits per heavy atom. The molecule has 0 saturated heterocycles. The summed E-state index contributed by atoms with van der Waals surface area (Å²) in [6.45, 7) is 1.86. The lowest BCUT2D eigenvalue weighted by Crippen LogP contribution is -2.26. The van der Waals surface area contributed by atoms with Crippen molar-refractivity contribution in [1.29, 1.82) is 0 Å². The van der Waals surface area contributed by atoms with Crippen molar-refractivity contribution in [3.05, 3.63) is 33.9 Å². The monoisotopic (exact) mass is 367 g/mol. The normalized spacial score (nSPS) is 27.0. The van der Waals surface area contributed by atoms with E-state index in [9.17, 15) is 0 Å². The summed E-state index contributed by atoms with van der Waals surface area (Å²) in [6, 6.07) is 0. The van der Waals surface area contributed by atoms with Crippen LogP contribution in [0.5, 0.6) is 0 Å². The van der Waals surface area contributed by atoms with E-state index in [1.165, 1.54) is 12.0 Å². The fraction of sp³-hybridized carbons (Fsp3) is 0.500. The zero-order valence-electron chi connectivity index (χ0n) is 11.4. The zero-order valence-corrected chi connectivity index (χ0v) is 13.7. The molecule has 1 spiro atoms. The number of fused-ring (bicyclic) bond motifs is 2. The minimum absolute atomic E-state index is 0.119. The fourth-order valence-corrected chi connectivity index (χ4v) is 4.44. The van der Waals surface area contributed by atoms with Gasteiger partial charge in [0.05, 0.1) is 9.50 Å². The number of hydrogen-bond acceptors (Lipinski definition) is 4. The molecule has 0 aromatic carbocycles. The van der Waals surface area contributed by atoms with Crippen molar-refractivity contribution in [2.45, 2.75) is 31.2 Å². The molecule has 110 valence electrons. The summed E-state index contributed by atoms with van der Waals surface area (Å²) in [6.07, 6.45) is 8.60. The van der Waals surface area contributed by atoms with Gasteiger partial charge < -0.3 is 5.32 Å².